The monoisotopic (exact) mass is 445 g/mol. The number of benzene rings is 2. The van der Waals surface area contributed by atoms with Gasteiger partial charge in [-0.15, -0.1) is 0 Å². The van der Waals surface area contributed by atoms with Crippen molar-refractivity contribution < 1.29 is 13.5 Å². The molecule has 3 aromatic heterocycles. The van der Waals surface area contributed by atoms with Gasteiger partial charge in [0.15, 0.2) is 0 Å². The first kappa shape index (κ1) is 20.7. The van der Waals surface area contributed by atoms with Crippen LogP contribution in [0.3, 0.4) is 0 Å². The minimum atomic E-state index is -0.605. The van der Waals surface area contributed by atoms with E-state index in [1.165, 1.54) is 12.1 Å². The van der Waals surface area contributed by atoms with Crippen molar-refractivity contribution in [2.24, 2.45) is 0 Å². The number of rotatable bonds is 6. The van der Waals surface area contributed by atoms with E-state index in [0.717, 1.165) is 50.8 Å². The third-order valence-electron chi connectivity index (χ3n) is 5.55. The predicted octanol–water partition coefficient (Wildman–Crippen LogP) is 5.47. The SMILES string of the molecule is CNc1ccc(-c2cnc3[nH]cc(-c4cnn(Cc5cc(F)cc(F)c5)c4)c3c2)cc1OC. The normalized spacial score (nSPS) is 11.2. The van der Waals surface area contributed by atoms with Gasteiger partial charge in [-0.1, -0.05) is 6.07 Å². The van der Waals surface area contributed by atoms with Crippen molar-refractivity contribution in [3.8, 4) is 28.0 Å². The van der Waals surface area contributed by atoms with Crippen molar-refractivity contribution >= 4 is 16.7 Å². The summed E-state index contributed by atoms with van der Waals surface area (Å²) in [4.78, 5) is 7.77. The Labute approximate surface area is 188 Å². The smallest absolute Gasteiger partial charge is 0.142 e. The van der Waals surface area contributed by atoms with Crippen LogP contribution < -0.4 is 10.1 Å². The zero-order valence-corrected chi connectivity index (χ0v) is 18.1. The Morgan fingerprint density at radius 2 is 1.82 bits per heavy atom. The molecule has 2 N–H and O–H groups in total. The van der Waals surface area contributed by atoms with Gasteiger partial charge in [-0.25, -0.2) is 13.8 Å². The number of aromatic nitrogens is 4. The molecule has 166 valence electrons. The molecule has 0 aliphatic carbocycles. The van der Waals surface area contributed by atoms with Crippen LogP contribution in [0.1, 0.15) is 5.56 Å². The zero-order chi connectivity index (χ0) is 22.9. The minimum Gasteiger partial charge on any atom is -0.495 e. The molecule has 2 aromatic carbocycles. The Morgan fingerprint density at radius 1 is 1.00 bits per heavy atom. The van der Waals surface area contributed by atoms with Crippen LogP contribution in [0.25, 0.3) is 33.3 Å². The van der Waals surface area contributed by atoms with Crippen LogP contribution in [0.15, 0.2) is 67.3 Å². The van der Waals surface area contributed by atoms with Crippen LogP contribution in [0.5, 0.6) is 5.75 Å². The van der Waals surface area contributed by atoms with Crippen molar-refractivity contribution in [1.82, 2.24) is 19.7 Å². The molecule has 0 saturated heterocycles. The average Bonchev–Trinajstić information content (AvgIpc) is 3.44. The van der Waals surface area contributed by atoms with Gasteiger partial charge in [0.25, 0.3) is 0 Å². The summed E-state index contributed by atoms with van der Waals surface area (Å²) in [5.41, 5.74) is 5.91. The number of anilines is 1. The molecular weight excluding hydrogens is 424 g/mol. The first-order valence-electron chi connectivity index (χ1n) is 10.3. The van der Waals surface area contributed by atoms with Gasteiger partial charge < -0.3 is 15.0 Å². The first-order valence-corrected chi connectivity index (χ1v) is 10.3. The predicted molar refractivity (Wildman–Crippen MR) is 124 cm³/mol. The molecule has 0 atom stereocenters. The summed E-state index contributed by atoms with van der Waals surface area (Å²) in [7, 11) is 3.49. The number of methoxy groups -OCH3 is 1. The highest BCUT2D eigenvalue weighted by molar-refractivity contribution is 5.95. The Kier molecular flexibility index (Phi) is 5.26. The molecular formula is C25H21F2N5O. The number of hydrogen-bond donors (Lipinski definition) is 2. The molecule has 0 spiro atoms. The van der Waals surface area contributed by atoms with E-state index >= 15 is 0 Å². The van der Waals surface area contributed by atoms with Crippen LogP contribution in [0.2, 0.25) is 0 Å². The van der Waals surface area contributed by atoms with Crippen LogP contribution in [0, 0.1) is 11.6 Å². The summed E-state index contributed by atoms with van der Waals surface area (Å²) in [6.07, 6.45) is 7.28. The lowest BCUT2D eigenvalue weighted by molar-refractivity contribution is 0.417. The fraction of sp³-hybridized carbons (Fsp3) is 0.120. The maximum absolute atomic E-state index is 13.5. The molecule has 0 amide bonds. The summed E-state index contributed by atoms with van der Waals surface area (Å²) in [5, 5.41) is 8.43. The lowest BCUT2D eigenvalue weighted by atomic mass is 10.0. The molecule has 0 saturated carbocycles. The summed E-state index contributed by atoms with van der Waals surface area (Å²) in [6, 6.07) is 11.5. The van der Waals surface area contributed by atoms with E-state index < -0.39 is 11.6 Å². The second-order valence-electron chi connectivity index (χ2n) is 7.69. The van der Waals surface area contributed by atoms with Gasteiger partial charge in [0.1, 0.15) is 23.0 Å². The molecule has 0 fully saturated rings. The molecule has 0 unspecified atom stereocenters. The number of nitrogens with zero attached hydrogens (tertiary/aromatic N) is 3. The van der Waals surface area contributed by atoms with Gasteiger partial charge in [0, 0.05) is 53.8 Å². The quantitative estimate of drug-likeness (QED) is 0.364. The molecule has 5 rings (SSSR count). The fourth-order valence-corrected chi connectivity index (χ4v) is 3.96. The van der Waals surface area contributed by atoms with Gasteiger partial charge in [-0.2, -0.15) is 5.10 Å². The van der Waals surface area contributed by atoms with E-state index in [2.05, 4.69) is 26.4 Å². The number of aromatic amines is 1. The number of nitrogens with one attached hydrogen (secondary N) is 2. The first-order chi connectivity index (χ1) is 16.0. The van der Waals surface area contributed by atoms with Gasteiger partial charge in [-0.3, -0.25) is 4.68 Å². The van der Waals surface area contributed by atoms with Crippen molar-refractivity contribution in [2.45, 2.75) is 6.54 Å². The minimum absolute atomic E-state index is 0.262. The highest BCUT2D eigenvalue weighted by Crippen LogP contribution is 2.34. The van der Waals surface area contributed by atoms with Crippen molar-refractivity contribution in [3.05, 3.63) is 84.4 Å². The van der Waals surface area contributed by atoms with Crippen molar-refractivity contribution in [2.75, 3.05) is 19.5 Å². The Morgan fingerprint density at radius 3 is 2.58 bits per heavy atom. The Balaban J connectivity index is 1.49. The third-order valence-corrected chi connectivity index (χ3v) is 5.55. The molecule has 8 heteroatoms. The number of fused-ring (bicyclic) bond motifs is 1. The molecule has 33 heavy (non-hydrogen) atoms. The van der Waals surface area contributed by atoms with E-state index in [-0.39, 0.29) is 6.54 Å². The van der Waals surface area contributed by atoms with Crippen LogP contribution in [-0.2, 0) is 6.54 Å². The van der Waals surface area contributed by atoms with Gasteiger partial charge in [-0.05, 0) is 41.5 Å². The van der Waals surface area contributed by atoms with Gasteiger partial charge in [0.05, 0.1) is 25.5 Å². The highest BCUT2D eigenvalue weighted by Gasteiger charge is 2.13. The lowest BCUT2D eigenvalue weighted by Gasteiger charge is -2.10. The van der Waals surface area contributed by atoms with Crippen LogP contribution in [0.4, 0.5) is 14.5 Å². The molecule has 0 aliphatic rings. The summed E-state index contributed by atoms with van der Waals surface area (Å²) in [5.74, 6) is -0.460. The largest absolute Gasteiger partial charge is 0.495 e. The maximum atomic E-state index is 13.5. The van der Waals surface area contributed by atoms with Crippen LogP contribution >= 0.6 is 0 Å². The topological polar surface area (TPSA) is 67.8 Å². The second-order valence-corrected chi connectivity index (χ2v) is 7.69. The summed E-state index contributed by atoms with van der Waals surface area (Å²) in [6.45, 7) is 0.262. The third kappa shape index (κ3) is 4.03. The maximum Gasteiger partial charge on any atom is 0.142 e. The molecule has 3 heterocycles. The highest BCUT2D eigenvalue weighted by atomic mass is 19.1. The Hall–Kier alpha value is -4.20. The molecule has 6 nitrogen and oxygen atoms in total. The van der Waals surface area contributed by atoms with Crippen LogP contribution in [-0.4, -0.2) is 33.9 Å². The van der Waals surface area contributed by atoms with Crippen molar-refractivity contribution in [1.29, 1.82) is 0 Å². The van der Waals surface area contributed by atoms with E-state index in [1.807, 2.05) is 43.8 Å². The van der Waals surface area contributed by atoms with E-state index in [9.17, 15) is 8.78 Å². The van der Waals surface area contributed by atoms with Gasteiger partial charge in [0.2, 0.25) is 0 Å². The van der Waals surface area contributed by atoms with E-state index in [0.29, 0.717) is 5.56 Å². The molecule has 5 aromatic rings. The number of hydrogen-bond acceptors (Lipinski definition) is 4. The number of halogens is 2. The standard InChI is InChI=1S/C25H21F2N5O/c1-28-23-4-3-16(8-24(23)33-2)17-7-21-22(12-30-25(21)29-10-17)18-11-31-32(14-18)13-15-5-19(26)9-20(27)6-15/h3-12,14,28H,13H2,1-2H3,(H,29,30). The number of H-pyrrole nitrogens is 1. The van der Waals surface area contributed by atoms with Gasteiger partial charge >= 0.3 is 0 Å². The average molecular weight is 445 g/mol. The Bertz CT molecular complexity index is 1440. The zero-order valence-electron chi connectivity index (χ0n) is 18.1. The second kappa shape index (κ2) is 8.38. The lowest BCUT2D eigenvalue weighted by Crippen LogP contribution is -2.00. The number of pyridine rings is 1. The molecule has 0 aliphatic heterocycles. The van der Waals surface area contributed by atoms with E-state index in [4.69, 9.17) is 4.74 Å². The number of ether oxygens (including phenoxy) is 1. The fourth-order valence-electron chi connectivity index (χ4n) is 3.96. The van der Waals surface area contributed by atoms with Crippen molar-refractivity contribution in [3.63, 3.8) is 0 Å². The molecule has 0 radical (unpaired) electrons. The molecule has 0 bridgehead atoms. The van der Waals surface area contributed by atoms with E-state index in [1.54, 1.807) is 18.0 Å². The summed E-state index contributed by atoms with van der Waals surface area (Å²) < 4.78 is 34.2. The summed E-state index contributed by atoms with van der Waals surface area (Å²) >= 11 is 0.